The minimum Gasteiger partial charge on any atom is -0.489 e. The first-order valence-corrected chi connectivity index (χ1v) is 12.9. The van der Waals surface area contributed by atoms with Crippen LogP contribution in [0.15, 0.2) is 78.4 Å². The zero-order valence-electron chi connectivity index (χ0n) is 19.9. The number of nitrogens with zero attached hydrogens (tertiary/aromatic N) is 2. The van der Waals surface area contributed by atoms with Gasteiger partial charge in [0.15, 0.2) is 0 Å². The molecule has 0 atom stereocenters. The SMILES string of the molecule is CCCC(CCC)c1ccc(OCc2ccc(-c3csc(COc4cccnc4)n3)cc2)cc1. The van der Waals surface area contributed by atoms with Gasteiger partial charge in [-0.2, -0.15) is 0 Å². The summed E-state index contributed by atoms with van der Waals surface area (Å²) in [6.07, 6.45) is 8.38. The van der Waals surface area contributed by atoms with Gasteiger partial charge in [0.2, 0.25) is 0 Å². The highest BCUT2D eigenvalue weighted by Gasteiger charge is 2.10. The fourth-order valence-corrected chi connectivity index (χ4v) is 4.75. The summed E-state index contributed by atoms with van der Waals surface area (Å²) in [4.78, 5) is 8.77. The molecule has 0 saturated heterocycles. The van der Waals surface area contributed by atoms with E-state index in [1.165, 1.54) is 31.2 Å². The molecule has 4 rings (SSSR count). The number of aromatic nitrogens is 2. The van der Waals surface area contributed by atoms with Crippen molar-refractivity contribution < 1.29 is 9.47 Å². The second-order valence-corrected chi connectivity index (χ2v) is 9.38. The third kappa shape index (κ3) is 6.67. The maximum absolute atomic E-state index is 6.04. The number of hydrogen-bond donors (Lipinski definition) is 0. The van der Waals surface area contributed by atoms with Crippen LogP contribution < -0.4 is 9.47 Å². The van der Waals surface area contributed by atoms with Gasteiger partial charge in [-0.1, -0.05) is 63.1 Å². The van der Waals surface area contributed by atoms with Crippen LogP contribution in [0, 0.1) is 0 Å². The zero-order valence-corrected chi connectivity index (χ0v) is 20.8. The van der Waals surface area contributed by atoms with Gasteiger partial charge in [0.25, 0.3) is 0 Å². The molecule has 4 nitrogen and oxygen atoms in total. The molecular formula is C29H32N2O2S. The predicted molar refractivity (Wildman–Crippen MR) is 139 cm³/mol. The van der Waals surface area contributed by atoms with Gasteiger partial charge in [0.05, 0.1) is 11.9 Å². The Balaban J connectivity index is 1.30. The van der Waals surface area contributed by atoms with Crippen LogP contribution in [0.3, 0.4) is 0 Å². The van der Waals surface area contributed by atoms with E-state index in [-0.39, 0.29) is 0 Å². The van der Waals surface area contributed by atoms with E-state index in [2.05, 4.69) is 72.7 Å². The van der Waals surface area contributed by atoms with Crippen molar-refractivity contribution >= 4 is 11.3 Å². The number of ether oxygens (including phenoxy) is 2. The first-order valence-electron chi connectivity index (χ1n) is 12.0. The molecule has 176 valence electrons. The fourth-order valence-electron chi connectivity index (χ4n) is 4.04. The number of benzene rings is 2. The van der Waals surface area contributed by atoms with E-state index in [1.54, 1.807) is 23.7 Å². The second-order valence-electron chi connectivity index (χ2n) is 8.43. The van der Waals surface area contributed by atoms with E-state index in [1.807, 2.05) is 12.1 Å². The van der Waals surface area contributed by atoms with E-state index in [4.69, 9.17) is 14.5 Å². The summed E-state index contributed by atoms with van der Waals surface area (Å²) in [5.41, 5.74) is 4.62. The maximum Gasteiger partial charge on any atom is 0.140 e. The normalized spacial score (nSPS) is 11.0. The summed E-state index contributed by atoms with van der Waals surface area (Å²) in [5.74, 6) is 2.32. The summed E-state index contributed by atoms with van der Waals surface area (Å²) in [7, 11) is 0. The molecule has 2 aromatic heterocycles. The summed E-state index contributed by atoms with van der Waals surface area (Å²) in [6.45, 7) is 5.52. The number of pyridine rings is 1. The first-order chi connectivity index (χ1) is 16.7. The van der Waals surface area contributed by atoms with E-state index in [0.29, 0.717) is 19.1 Å². The highest BCUT2D eigenvalue weighted by atomic mass is 32.1. The highest BCUT2D eigenvalue weighted by Crippen LogP contribution is 2.28. The molecule has 0 aliphatic rings. The van der Waals surface area contributed by atoms with Gasteiger partial charge in [0, 0.05) is 17.1 Å². The lowest BCUT2D eigenvalue weighted by Crippen LogP contribution is -1.99. The molecule has 0 fully saturated rings. The lowest BCUT2D eigenvalue weighted by Gasteiger charge is -2.16. The average molecular weight is 473 g/mol. The molecule has 0 bridgehead atoms. The Morgan fingerprint density at radius 2 is 1.56 bits per heavy atom. The first kappa shape index (κ1) is 24.0. The van der Waals surface area contributed by atoms with Crippen molar-refractivity contribution in [3.63, 3.8) is 0 Å². The maximum atomic E-state index is 6.04. The van der Waals surface area contributed by atoms with Crippen LogP contribution in [0.2, 0.25) is 0 Å². The van der Waals surface area contributed by atoms with Crippen molar-refractivity contribution in [3.8, 4) is 22.8 Å². The molecule has 0 spiro atoms. The van der Waals surface area contributed by atoms with Gasteiger partial charge in [-0.25, -0.2) is 4.98 Å². The van der Waals surface area contributed by atoms with Crippen LogP contribution in [-0.2, 0) is 13.2 Å². The molecule has 0 radical (unpaired) electrons. The quantitative estimate of drug-likeness (QED) is 0.209. The van der Waals surface area contributed by atoms with Gasteiger partial charge in [-0.3, -0.25) is 4.98 Å². The summed E-state index contributed by atoms with van der Waals surface area (Å²) in [5, 5.41) is 3.01. The monoisotopic (exact) mass is 472 g/mol. The Morgan fingerprint density at radius 3 is 2.24 bits per heavy atom. The van der Waals surface area contributed by atoms with Crippen LogP contribution in [0.5, 0.6) is 11.5 Å². The van der Waals surface area contributed by atoms with Crippen molar-refractivity contribution in [3.05, 3.63) is 94.6 Å². The Morgan fingerprint density at radius 1 is 0.824 bits per heavy atom. The number of hydrogen-bond acceptors (Lipinski definition) is 5. The van der Waals surface area contributed by atoms with E-state index >= 15 is 0 Å². The van der Waals surface area contributed by atoms with Crippen molar-refractivity contribution in [2.45, 2.75) is 58.7 Å². The largest absolute Gasteiger partial charge is 0.489 e. The van der Waals surface area contributed by atoms with E-state index in [9.17, 15) is 0 Å². The van der Waals surface area contributed by atoms with Crippen molar-refractivity contribution in [2.24, 2.45) is 0 Å². The van der Waals surface area contributed by atoms with E-state index < -0.39 is 0 Å². The van der Waals surface area contributed by atoms with Crippen molar-refractivity contribution in [1.82, 2.24) is 9.97 Å². The third-order valence-corrected chi connectivity index (χ3v) is 6.65. The van der Waals surface area contributed by atoms with Crippen LogP contribution >= 0.6 is 11.3 Å². The van der Waals surface area contributed by atoms with Gasteiger partial charge in [0.1, 0.15) is 29.7 Å². The molecule has 0 aliphatic heterocycles. The molecule has 4 aromatic rings. The average Bonchev–Trinajstić information content (AvgIpc) is 3.37. The molecule has 0 saturated carbocycles. The third-order valence-electron chi connectivity index (χ3n) is 5.83. The molecule has 0 N–H and O–H groups in total. The van der Waals surface area contributed by atoms with E-state index in [0.717, 1.165) is 33.3 Å². The Hall–Kier alpha value is -3.18. The lowest BCUT2D eigenvalue weighted by atomic mass is 9.90. The van der Waals surface area contributed by atoms with Gasteiger partial charge >= 0.3 is 0 Å². The van der Waals surface area contributed by atoms with Crippen LogP contribution in [0.1, 0.15) is 61.6 Å². The molecule has 0 amide bonds. The van der Waals surface area contributed by atoms with Crippen molar-refractivity contribution in [1.29, 1.82) is 0 Å². The highest BCUT2D eigenvalue weighted by molar-refractivity contribution is 7.09. The predicted octanol–water partition coefficient (Wildman–Crippen LogP) is 8.05. The van der Waals surface area contributed by atoms with Crippen LogP contribution in [-0.4, -0.2) is 9.97 Å². The topological polar surface area (TPSA) is 44.2 Å². The molecule has 0 aliphatic carbocycles. The number of thiazole rings is 1. The van der Waals surface area contributed by atoms with Crippen molar-refractivity contribution in [2.75, 3.05) is 0 Å². The minimum absolute atomic E-state index is 0.443. The molecule has 34 heavy (non-hydrogen) atoms. The molecular weight excluding hydrogens is 440 g/mol. The van der Waals surface area contributed by atoms with Gasteiger partial charge in [-0.15, -0.1) is 11.3 Å². The van der Waals surface area contributed by atoms with Gasteiger partial charge < -0.3 is 9.47 Å². The summed E-state index contributed by atoms with van der Waals surface area (Å²) < 4.78 is 11.8. The van der Waals surface area contributed by atoms with Crippen LogP contribution in [0.25, 0.3) is 11.3 Å². The molecule has 2 heterocycles. The minimum atomic E-state index is 0.443. The molecule has 2 aromatic carbocycles. The number of rotatable bonds is 12. The Bertz CT molecular complexity index is 1120. The summed E-state index contributed by atoms with van der Waals surface area (Å²) in [6, 6.07) is 20.8. The molecule has 0 unspecified atom stereocenters. The van der Waals surface area contributed by atoms with Gasteiger partial charge in [-0.05, 0) is 54.2 Å². The Kier molecular flexibility index (Phi) is 8.69. The fraction of sp³-hybridized carbons (Fsp3) is 0.310. The zero-order chi connectivity index (χ0) is 23.6. The Labute approximate surface area is 206 Å². The van der Waals surface area contributed by atoms with Crippen LogP contribution in [0.4, 0.5) is 0 Å². The second kappa shape index (κ2) is 12.3. The standard InChI is InChI=1S/C29H32N2O2S/c1-3-6-23(7-4-2)24-13-15-26(16-14-24)32-19-22-9-11-25(12-10-22)28-21-34-29(31-28)20-33-27-8-5-17-30-18-27/h5,8-18,21,23H,3-4,6-7,19-20H2,1-2H3. The summed E-state index contributed by atoms with van der Waals surface area (Å²) >= 11 is 1.60. The molecule has 5 heteroatoms. The lowest BCUT2D eigenvalue weighted by molar-refractivity contribution is 0.304. The smallest absolute Gasteiger partial charge is 0.140 e.